The van der Waals surface area contributed by atoms with Crippen LogP contribution < -0.4 is 0 Å². The van der Waals surface area contributed by atoms with Crippen LogP contribution in [-0.2, 0) is 9.53 Å². The van der Waals surface area contributed by atoms with Crippen molar-refractivity contribution in [3.8, 4) is 0 Å². The highest BCUT2D eigenvalue weighted by atomic mass is 35.5. The quantitative estimate of drug-likeness (QED) is 0.589. The van der Waals surface area contributed by atoms with Gasteiger partial charge in [0.2, 0.25) is 0 Å². The molecule has 0 aromatic heterocycles. The zero-order valence-corrected chi connectivity index (χ0v) is 11.6. The Morgan fingerprint density at radius 2 is 1.94 bits per heavy atom. The van der Waals surface area contributed by atoms with Gasteiger partial charge >= 0.3 is 5.97 Å². The van der Waals surface area contributed by atoms with Gasteiger partial charge in [-0.25, -0.2) is 0 Å². The summed E-state index contributed by atoms with van der Waals surface area (Å²) in [6, 6.07) is 4.75. The van der Waals surface area contributed by atoms with Crippen molar-refractivity contribution in [1.82, 2.24) is 0 Å². The van der Waals surface area contributed by atoms with Gasteiger partial charge in [0.15, 0.2) is 5.78 Å². The number of ether oxygens (including phenoxy) is 1. The van der Waals surface area contributed by atoms with Crippen LogP contribution in [0.3, 0.4) is 0 Å². The molecule has 0 bridgehead atoms. The topological polar surface area (TPSA) is 43.4 Å². The molecule has 18 heavy (non-hydrogen) atoms. The lowest BCUT2D eigenvalue weighted by Gasteiger charge is -2.04. The van der Waals surface area contributed by atoms with E-state index in [9.17, 15) is 9.59 Å². The highest BCUT2D eigenvalue weighted by molar-refractivity contribution is 6.35. The molecular formula is C13H14Cl2O3. The van der Waals surface area contributed by atoms with Crippen LogP contribution >= 0.6 is 23.2 Å². The predicted molar refractivity (Wildman–Crippen MR) is 71.3 cm³/mol. The molecule has 1 rings (SSSR count). The van der Waals surface area contributed by atoms with E-state index in [0.29, 0.717) is 28.6 Å². The second-order valence-corrected chi connectivity index (χ2v) is 4.55. The van der Waals surface area contributed by atoms with Crippen LogP contribution in [0, 0.1) is 0 Å². The van der Waals surface area contributed by atoms with Gasteiger partial charge in [0, 0.05) is 23.4 Å². The van der Waals surface area contributed by atoms with E-state index >= 15 is 0 Å². The molecule has 5 heteroatoms. The Morgan fingerprint density at radius 1 is 1.22 bits per heavy atom. The summed E-state index contributed by atoms with van der Waals surface area (Å²) >= 11 is 11.7. The Morgan fingerprint density at radius 3 is 2.61 bits per heavy atom. The normalized spacial score (nSPS) is 10.2. The summed E-state index contributed by atoms with van der Waals surface area (Å²) in [6.45, 7) is 2.10. The zero-order chi connectivity index (χ0) is 13.5. The summed E-state index contributed by atoms with van der Waals surface area (Å²) in [7, 11) is 0. The summed E-state index contributed by atoms with van der Waals surface area (Å²) in [5, 5.41) is 0.841. The lowest BCUT2D eigenvalue weighted by Crippen LogP contribution is -2.06. The third kappa shape index (κ3) is 4.67. The predicted octanol–water partition coefficient (Wildman–Crippen LogP) is 3.91. The summed E-state index contributed by atoms with van der Waals surface area (Å²) in [5.41, 5.74) is 0.396. The van der Waals surface area contributed by atoms with Crippen LogP contribution in [0.15, 0.2) is 18.2 Å². The monoisotopic (exact) mass is 288 g/mol. The summed E-state index contributed by atoms with van der Waals surface area (Å²) < 4.78 is 4.77. The molecule has 0 saturated heterocycles. The van der Waals surface area contributed by atoms with E-state index in [1.165, 1.54) is 6.07 Å². The first-order valence-electron chi connectivity index (χ1n) is 5.68. The lowest BCUT2D eigenvalue weighted by molar-refractivity contribution is -0.143. The van der Waals surface area contributed by atoms with Crippen LogP contribution in [0.25, 0.3) is 0 Å². The Labute approximate surface area is 116 Å². The third-order valence-corrected chi connectivity index (χ3v) is 2.88. The van der Waals surface area contributed by atoms with Crippen molar-refractivity contribution in [2.24, 2.45) is 0 Å². The Bertz CT molecular complexity index is 444. The average Bonchev–Trinajstić information content (AvgIpc) is 2.32. The standard InChI is InChI=1S/C13H14Cl2O3/c1-2-18-13(17)5-3-4-12(16)10-8-9(14)6-7-11(10)15/h6-8H,2-5H2,1H3. The molecule has 0 saturated carbocycles. The molecule has 0 fully saturated rings. The van der Waals surface area contributed by atoms with Crippen LogP contribution in [-0.4, -0.2) is 18.4 Å². The first kappa shape index (κ1) is 15.0. The second-order valence-electron chi connectivity index (χ2n) is 3.71. The lowest BCUT2D eigenvalue weighted by atomic mass is 10.1. The fourth-order valence-corrected chi connectivity index (χ4v) is 1.87. The first-order valence-corrected chi connectivity index (χ1v) is 6.44. The molecule has 98 valence electrons. The van der Waals surface area contributed by atoms with Crippen molar-refractivity contribution in [2.75, 3.05) is 6.61 Å². The minimum atomic E-state index is -0.289. The minimum absolute atomic E-state index is 0.119. The van der Waals surface area contributed by atoms with Gasteiger partial charge in [0.25, 0.3) is 0 Å². The smallest absolute Gasteiger partial charge is 0.305 e. The molecule has 0 heterocycles. The molecule has 1 aromatic carbocycles. The molecule has 3 nitrogen and oxygen atoms in total. The fraction of sp³-hybridized carbons (Fsp3) is 0.385. The van der Waals surface area contributed by atoms with Crippen molar-refractivity contribution in [2.45, 2.75) is 26.2 Å². The number of hydrogen-bond acceptors (Lipinski definition) is 3. The molecule has 0 radical (unpaired) electrons. The second kappa shape index (κ2) is 7.39. The molecular weight excluding hydrogens is 275 g/mol. The van der Waals surface area contributed by atoms with Crippen LogP contribution in [0.1, 0.15) is 36.5 Å². The van der Waals surface area contributed by atoms with Crippen molar-refractivity contribution in [3.63, 3.8) is 0 Å². The zero-order valence-electron chi connectivity index (χ0n) is 10.0. The molecule has 0 unspecified atom stereocenters. The number of rotatable bonds is 6. The van der Waals surface area contributed by atoms with Gasteiger partial charge in [0.05, 0.1) is 11.6 Å². The number of carbonyl (C=O) groups is 2. The molecule has 0 aliphatic heterocycles. The number of Topliss-reactive ketones (excluding diaryl/α,β-unsaturated/α-hetero) is 1. The molecule has 0 aliphatic carbocycles. The average molecular weight is 289 g/mol. The highest BCUT2D eigenvalue weighted by Gasteiger charge is 2.12. The first-order chi connectivity index (χ1) is 8.54. The van der Waals surface area contributed by atoms with Crippen molar-refractivity contribution in [3.05, 3.63) is 33.8 Å². The van der Waals surface area contributed by atoms with Gasteiger partial charge in [-0.2, -0.15) is 0 Å². The van der Waals surface area contributed by atoms with E-state index in [1.54, 1.807) is 19.1 Å². The molecule has 0 N–H and O–H groups in total. The number of ketones is 1. The van der Waals surface area contributed by atoms with E-state index in [4.69, 9.17) is 27.9 Å². The number of halogens is 2. The molecule has 0 amide bonds. The van der Waals surface area contributed by atoms with E-state index in [2.05, 4.69) is 0 Å². The van der Waals surface area contributed by atoms with Gasteiger partial charge in [-0.1, -0.05) is 23.2 Å². The van der Waals surface area contributed by atoms with E-state index in [-0.39, 0.29) is 24.6 Å². The summed E-state index contributed by atoms with van der Waals surface area (Å²) in [4.78, 5) is 23.0. The van der Waals surface area contributed by atoms with E-state index in [0.717, 1.165) is 0 Å². The van der Waals surface area contributed by atoms with Crippen molar-refractivity contribution < 1.29 is 14.3 Å². The summed E-state index contributed by atoms with van der Waals surface area (Å²) in [5.74, 6) is -0.408. The maximum atomic E-state index is 11.9. The van der Waals surface area contributed by atoms with Crippen molar-refractivity contribution >= 4 is 35.0 Å². The van der Waals surface area contributed by atoms with Gasteiger partial charge in [-0.05, 0) is 31.5 Å². The summed E-state index contributed by atoms with van der Waals surface area (Å²) in [6.07, 6.45) is 0.928. The maximum Gasteiger partial charge on any atom is 0.305 e. The number of benzene rings is 1. The Kier molecular flexibility index (Phi) is 6.16. The van der Waals surface area contributed by atoms with E-state index in [1.807, 2.05) is 0 Å². The molecule has 0 aliphatic rings. The highest BCUT2D eigenvalue weighted by Crippen LogP contribution is 2.22. The Balaban J connectivity index is 2.50. The largest absolute Gasteiger partial charge is 0.466 e. The van der Waals surface area contributed by atoms with Gasteiger partial charge in [-0.15, -0.1) is 0 Å². The third-order valence-electron chi connectivity index (χ3n) is 2.32. The van der Waals surface area contributed by atoms with Crippen molar-refractivity contribution in [1.29, 1.82) is 0 Å². The molecule has 1 aromatic rings. The maximum absolute atomic E-state index is 11.9. The van der Waals surface area contributed by atoms with E-state index < -0.39 is 0 Å². The minimum Gasteiger partial charge on any atom is -0.466 e. The fourth-order valence-electron chi connectivity index (χ4n) is 1.47. The van der Waals surface area contributed by atoms with Crippen LogP contribution in [0.2, 0.25) is 10.0 Å². The number of hydrogen-bond donors (Lipinski definition) is 0. The van der Waals surface area contributed by atoms with Crippen LogP contribution in [0.5, 0.6) is 0 Å². The van der Waals surface area contributed by atoms with Gasteiger partial charge < -0.3 is 4.74 Å². The Hall–Kier alpha value is -1.06. The van der Waals surface area contributed by atoms with Gasteiger partial charge in [-0.3, -0.25) is 9.59 Å². The van der Waals surface area contributed by atoms with Crippen LogP contribution in [0.4, 0.5) is 0 Å². The number of carbonyl (C=O) groups excluding carboxylic acids is 2. The molecule has 0 spiro atoms. The molecule has 0 atom stereocenters. The number of esters is 1. The van der Waals surface area contributed by atoms with Gasteiger partial charge in [0.1, 0.15) is 0 Å². The SMILES string of the molecule is CCOC(=O)CCCC(=O)c1cc(Cl)ccc1Cl.